The van der Waals surface area contributed by atoms with Crippen LogP contribution in [0.25, 0.3) is 33.9 Å². The van der Waals surface area contributed by atoms with Gasteiger partial charge in [-0.1, -0.05) is 253 Å². The van der Waals surface area contributed by atoms with E-state index in [2.05, 4.69) is 143 Å². The van der Waals surface area contributed by atoms with Crippen molar-refractivity contribution in [2.24, 2.45) is 0 Å². The molecular weight excluding hydrogens is 1770 g/mol. The number of nitrogens with zero attached hydrogens (tertiary/aromatic N) is 15. The summed E-state index contributed by atoms with van der Waals surface area (Å²) >= 11 is 22.9. The highest BCUT2D eigenvalue weighted by atomic mass is 35.5. The molecule has 0 N–H and O–H groups in total. The van der Waals surface area contributed by atoms with Crippen LogP contribution in [0.15, 0.2) is 296 Å². The molecule has 0 amide bonds. The van der Waals surface area contributed by atoms with E-state index in [4.69, 9.17) is 73.9 Å². The minimum atomic E-state index is -0.413. The van der Waals surface area contributed by atoms with Gasteiger partial charge in [-0.15, -0.1) is 82.3 Å². The number of non-ortho nitro benzene ring substituents is 1. The molecule has 27 heteroatoms. The molecule has 14 rings (SSSR count). The third-order valence-corrected chi connectivity index (χ3v) is 25.5. The van der Waals surface area contributed by atoms with Crippen molar-refractivity contribution in [3.8, 4) is 5.75 Å². The molecule has 0 saturated carbocycles. The monoisotopic (exact) mass is 1850 g/mol. The molecule has 0 unspecified atom stereocenters. The molecule has 0 bridgehead atoms. The molecule has 0 saturated heterocycles. The van der Waals surface area contributed by atoms with Gasteiger partial charge in [-0.3, -0.25) is 45.0 Å². The third kappa shape index (κ3) is 34.9. The Morgan fingerprint density at radius 1 is 0.297 bits per heavy atom. The largest absolute Gasteiger partial charge is 0.497 e. The first-order chi connectivity index (χ1) is 61.9. The van der Waals surface area contributed by atoms with Crippen molar-refractivity contribution in [3.05, 3.63) is 451 Å². The maximum atomic E-state index is 10.7. The Hall–Kier alpha value is -12.8. The van der Waals surface area contributed by atoms with Gasteiger partial charge in [-0.05, 0) is 132 Å². The van der Waals surface area contributed by atoms with Gasteiger partial charge in [0.05, 0.1) is 58.0 Å². The molecule has 128 heavy (non-hydrogen) atoms. The summed E-state index contributed by atoms with van der Waals surface area (Å²) in [6.45, 7) is 67.5. The van der Waals surface area contributed by atoms with Crippen molar-refractivity contribution >= 4 is 151 Å². The van der Waals surface area contributed by atoms with E-state index in [1.54, 1.807) is 102 Å². The maximum absolute atomic E-state index is 10.7. The molecule has 14 aromatic rings. The highest BCUT2D eigenvalue weighted by Crippen LogP contribution is 2.38. The zero-order valence-corrected chi connectivity index (χ0v) is 79.0. The van der Waals surface area contributed by atoms with Crippen LogP contribution >= 0.6 is 106 Å². The fourth-order valence-electron chi connectivity index (χ4n) is 10.7. The van der Waals surface area contributed by atoms with Gasteiger partial charge >= 0.3 is 0 Å². The number of nitro benzene ring substituents is 1. The van der Waals surface area contributed by atoms with Gasteiger partial charge in [0, 0.05) is 102 Å². The summed E-state index contributed by atoms with van der Waals surface area (Å²) in [5, 5.41) is 17.7. The molecule has 7 aromatic carbocycles. The summed E-state index contributed by atoms with van der Waals surface area (Å²) in [5.74, 6) is 6.24. The molecule has 0 radical (unpaired) electrons. The fourth-order valence-corrected chi connectivity index (χ4v) is 17.9. The minimum Gasteiger partial charge on any atom is -0.497 e. The van der Waals surface area contributed by atoms with Gasteiger partial charge in [0.2, 0.25) is 39.8 Å². The number of ether oxygens (including phenoxy) is 1. The van der Waals surface area contributed by atoms with Crippen molar-refractivity contribution in [1.82, 2.24) is 34.9 Å². The number of thioether (sulfide) groups is 7. The first-order valence-corrected chi connectivity index (χ1v) is 46.9. The van der Waals surface area contributed by atoms with Crippen LogP contribution in [0.4, 0.5) is 45.5 Å². The number of benzene rings is 7. The zero-order chi connectivity index (χ0) is 92.1. The van der Waals surface area contributed by atoms with Crippen LogP contribution in [0.2, 0.25) is 10.0 Å². The summed E-state index contributed by atoms with van der Waals surface area (Å²) in [6, 6.07) is 82.7. The van der Waals surface area contributed by atoms with Gasteiger partial charge in [0.15, 0.2) is 0 Å². The number of rotatable bonds is 23. The summed E-state index contributed by atoms with van der Waals surface area (Å²) in [4.78, 5) is 65.5. The van der Waals surface area contributed by atoms with Crippen molar-refractivity contribution in [2.45, 2.75) is 138 Å². The number of hydrogen-bond donors (Lipinski definition) is 0. The third-order valence-electron chi connectivity index (χ3n) is 17.6. The Morgan fingerprint density at radius 3 is 0.828 bits per heavy atom. The number of nitro groups is 1. The van der Waals surface area contributed by atoms with E-state index in [0.717, 1.165) is 131 Å². The molecule has 18 nitrogen and oxygen atoms in total. The van der Waals surface area contributed by atoms with E-state index in [1.807, 2.05) is 218 Å². The molecule has 7 heterocycles. The van der Waals surface area contributed by atoms with Crippen LogP contribution < -0.4 is 4.74 Å². The van der Waals surface area contributed by atoms with Gasteiger partial charge in [-0.2, -0.15) is 0 Å². The number of aryl methyl sites for hydroxylation is 9. The van der Waals surface area contributed by atoms with E-state index in [0.29, 0.717) is 50.6 Å². The lowest BCUT2D eigenvalue weighted by Gasteiger charge is -2.06. The van der Waals surface area contributed by atoms with Gasteiger partial charge in [-0.25, -0.2) is 33.9 Å². The number of halogens is 2. The number of pyridine rings is 7. The molecule has 0 aliphatic heterocycles. The molecule has 0 aliphatic carbocycles. The highest BCUT2D eigenvalue weighted by molar-refractivity contribution is 8.00. The second-order valence-corrected chi connectivity index (χ2v) is 35.3. The van der Waals surface area contributed by atoms with Crippen LogP contribution in [0.5, 0.6) is 5.75 Å². The Bertz CT molecular complexity index is 6110. The fraction of sp³-hybridized carbons (Fsp3) is 0.168. The number of aromatic nitrogens is 7. The van der Waals surface area contributed by atoms with Crippen LogP contribution in [0.1, 0.15) is 89.9 Å². The average molecular weight is 1850 g/mol. The van der Waals surface area contributed by atoms with Crippen LogP contribution in [-0.4, -0.2) is 46.9 Å². The van der Waals surface area contributed by atoms with E-state index in [9.17, 15) is 10.1 Å². The molecule has 0 atom stereocenters. The van der Waals surface area contributed by atoms with Crippen LogP contribution in [0, 0.1) is 118 Å². The smallest absolute Gasteiger partial charge is 0.269 e. The Labute approximate surface area is 790 Å². The lowest BCUT2D eigenvalue weighted by Crippen LogP contribution is -1.90. The second-order valence-electron chi connectivity index (χ2n) is 27.7. The summed E-state index contributed by atoms with van der Waals surface area (Å²) in [7, 11) is 1.66. The molecule has 0 spiro atoms. The lowest BCUT2D eigenvalue weighted by molar-refractivity contribution is -0.384. The first-order valence-electron chi connectivity index (χ1n) is 39.2. The Morgan fingerprint density at radius 2 is 0.547 bits per heavy atom. The van der Waals surface area contributed by atoms with E-state index >= 15 is 0 Å². The van der Waals surface area contributed by atoms with Crippen molar-refractivity contribution in [1.29, 1.82) is 0 Å². The first kappa shape index (κ1) is 101. The van der Waals surface area contributed by atoms with Crippen molar-refractivity contribution in [3.63, 3.8) is 0 Å². The van der Waals surface area contributed by atoms with E-state index < -0.39 is 4.92 Å². The number of methoxy groups -OCH3 is 1. The molecule has 7 aromatic heterocycles. The zero-order valence-electron chi connectivity index (χ0n) is 71.8. The predicted molar refractivity (Wildman–Crippen MR) is 531 cm³/mol. The topological polar surface area (TPSA) is 173 Å². The molecule has 0 aliphatic rings. The molecule has 0 fully saturated rings. The van der Waals surface area contributed by atoms with Crippen LogP contribution in [-0.2, 0) is 40.3 Å². The van der Waals surface area contributed by atoms with Gasteiger partial charge < -0.3 is 4.74 Å². The average Bonchev–Trinajstić information content (AvgIpc) is 0.877. The normalized spacial score (nSPS) is 10.0. The minimum absolute atomic E-state index is 0.0747. The predicted octanol–water partition coefficient (Wildman–Crippen LogP) is 31.5. The van der Waals surface area contributed by atoms with Crippen molar-refractivity contribution < 1.29 is 9.66 Å². The van der Waals surface area contributed by atoms with Crippen molar-refractivity contribution in [2.75, 3.05) is 7.11 Å². The highest BCUT2D eigenvalue weighted by Gasteiger charge is 2.15. The molecular formula is C101H87Cl2N15O3S7. The summed E-state index contributed by atoms with van der Waals surface area (Å²) < 4.78 is 5.13. The summed E-state index contributed by atoms with van der Waals surface area (Å²) in [5.41, 5.74) is 21.3. The standard InChI is InChI=1S/C15H14N2OS.2C15H14N2S.2C14H11ClN2S.C14H11N3O2S.C14H12N2S/c1-11-4-9-14(16-2)15(17-11)19-10-12-5-7-13(18-3)8-6-12;2*1-11-4-7-13(8-5-11)10-18-15-14(16-3)9-6-12(2)17-15;1-10-3-8-13(16-2)14(17-10)18-9-11-4-6-12(15)7-5-11;1-10-7-8-13(16-2)14(17-10)18-9-11-5-3-4-6-12(11)15;1-10-6-7-13(15-2)14(16-10)20-9-11-4-3-5-12(8-11)17(18)19;1-11-8-9-13(15-2)14(16-11)17-10-12-6-4-3-5-7-12/h4-9H,10H2,1,3H3;2*4-9H,10H2,1-2H3;2*3-8H,9H2,1H3;3-8H,9H2,1H3;3-9H,10H2,1H3. The lowest BCUT2D eigenvalue weighted by atomic mass is 10.2. The second kappa shape index (κ2) is 54.3. The summed E-state index contributed by atoms with van der Waals surface area (Å²) in [6.07, 6.45) is 0. The van der Waals surface area contributed by atoms with E-state index in [-0.39, 0.29) is 5.69 Å². The SMILES string of the molecule is [C-]#[N+]c1ccc(C)nc1SCc1ccc(C)cc1.[C-]#[N+]c1ccc(C)nc1SCc1ccc(C)cc1.[C-]#[N+]c1ccc(C)nc1SCc1ccc(Cl)cc1.[C-]#[N+]c1ccc(C)nc1SCc1ccc(OC)cc1.[C-]#[N+]c1ccc(C)nc1SCc1cccc([N+](=O)[O-])c1.[C-]#[N+]c1ccc(C)nc1SCc1ccccc1.[C-]#[N+]c1ccc(C)nc1SCc1ccccc1Cl. The molecule has 640 valence electrons. The Kier molecular flexibility index (Phi) is 42.7. The van der Waals surface area contributed by atoms with Crippen LogP contribution in [0.3, 0.4) is 0 Å². The van der Waals surface area contributed by atoms with Gasteiger partial charge in [0.1, 0.15) is 40.9 Å². The number of hydrogen-bond acceptors (Lipinski definition) is 17. The maximum Gasteiger partial charge on any atom is 0.269 e. The quantitative estimate of drug-likeness (QED) is 0.0256. The van der Waals surface area contributed by atoms with Gasteiger partial charge in [0.25, 0.3) is 5.69 Å². The Balaban J connectivity index is 0.000000185. The van der Waals surface area contributed by atoms with E-state index in [1.165, 1.54) is 56.8 Å².